The van der Waals surface area contributed by atoms with Crippen LogP contribution < -0.4 is 4.90 Å². The third kappa shape index (κ3) is 4.76. The van der Waals surface area contributed by atoms with Crippen molar-refractivity contribution >= 4 is 11.7 Å². The molecular weight excluding hydrogens is 262 g/mol. The molecule has 0 amide bonds. The van der Waals surface area contributed by atoms with Crippen LogP contribution in [0.25, 0.3) is 0 Å². The Labute approximate surface area is 128 Å². The van der Waals surface area contributed by atoms with Crippen molar-refractivity contribution in [1.29, 1.82) is 0 Å². The summed E-state index contributed by atoms with van der Waals surface area (Å²) in [5.41, 5.74) is 1.04. The summed E-state index contributed by atoms with van der Waals surface area (Å²) in [7, 11) is 0. The average Bonchev–Trinajstić information content (AvgIpc) is 2.72. The molecule has 2 unspecified atom stereocenters. The fourth-order valence-corrected chi connectivity index (χ4v) is 3.56. The first-order valence-electron chi connectivity index (χ1n) is 8.24. The molecule has 1 aromatic carbocycles. The van der Waals surface area contributed by atoms with Gasteiger partial charge in [-0.15, -0.1) is 0 Å². The molecule has 1 aliphatic rings. The van der Waals surface area contributed by atoms with Gasteiger partial charge in [0, 0.05) is 11.7 Å². The largest absolute Gasteiger partial charge is 0.480 e. The standard InChI is InChI=1S/C18H27NO2/c1-2-7-15-8-6-11-17(13-12-15)19(14-18(20)21)16-9-4-3-5-10-16/h3-5,9-10,15,17H,2,6-8,11-14H2,1H3,(H,20,21). The summed E-state index contributed by atoms with van der Waals surface area (Å²) >= 11 is 0. The van der Waals surface area contributed by atoms with Crippen molar-refractivity contribution in [1.82, 2.24) is 0 Å². The van der Waals surface area contributed by atoms with Gasteiger partial charge in [0.1, 0.15) is 6.54 Å². The number of benzene rings is 1. The predicted octanol–water partition coefficient (Wildman–Crippen LogP) is 4.33. The van der Waals surface area contributed by atoms with Crippen LogP contribution in [0.3, 0.4) is 0 Å². The van der Waals surface area contributed by atoms with Crippen LogP contribution in [0.5, 0.6) is 0 Å². The second-order valence-corrected chi connectivity index (χ2v) is 6.17. The Morgan fingerprint density at radius 3 is 2.62 bits per heavy atom. The van der Waals surface area contributed by atoms with Gasteiger partial charge in [-0.3, -0.25) is 4.79 Å². The fourth-order valence-electron chi connectivity index (χ4n) is 3.56. The number of carbonyl (C=O) groups is 1. The van der Waals surface area contributed by atoms with Gasteiger partial charge in [0.25, 0.3) is 0 Å². The molecule has 2 rings (SSSR count). The van der Waals surface area contributed by atoms with Crippen LogP contribution in [0.15, 0.2) is 30.3 Å². The summed E-state index contributed by atoms with van der Waals surface area (Å²) in [4.78, 5) is 13.3. The van der Waals surface area contributed by atoms with Gasteiger partial charge in [-0.2, -0.15) is 0 Å². The second-order valence-electron chi connectivity index (χ2n) is 6.17. The number of carboxylic acid groups (broad SMARTS) is 1. The van der Waals surface area contributed by atoms with Crippen molar-refractivity contribution < 1.29 is 9.90 Å². The molecule has 1 fully saturated rings. The molecule has 3 heteroatoms. The predicted molar refractivity (Wildman–Crippen MR) is 86.7 cm³/mol. The molecule has 1 N–H and O–H groups in total. The van der Waals surface area contributed by atoms with E-state index in [9.17, 15) is 9.90 Å². The Balaban J connectivity index is 2.08. The van der Waals surface area contributed by atoms with Crippen LogP contribution in [0.4, 0.5) is 5.69 Å². The molecule has 116 valence electrons. The van der Waals surface area contributed by atoms with Gasteiger partial charge in [0.05, 0.1) is 0 Å². The molecule has 3 nitrogen and oxygen atoms in total. The molecule has 0 aliphatic heterocycles. The van der Waals surface area contributed by atoms with E-state index in [1.54, 1.807) is 0 Å². The highest BCUT2D eigenvalue weighted by molar-refractivity contribution is 5.74. The van der Waals surface area contributed by atoms with E-state index >= 15 is 0 Å². The van der Waals surface area contributed by atoms with Crippen molar-refractivity contribution in [2.24, 2.45) is 5.92 Å². The first kappa shape index (κ1) is 15.9. The Morgan fingerprint density at radius 1 is 1.19 bits per heavy atom. The van der Waals surface area contributed by atoms with E-state index in [-0.39, 0.29) is 6.54 Å². The van der Waals surface area contributed by atoms with E-state index in [2.05, 4.69) is 11.8 Å². The molecule has 2 atom stereocenters. The van der Waals surface area contributed by atoms with Gasteiger partial charge in [-0.25, -0.2) is 0 Å². The number of nitrogens with zero attached hydrogens (tertiary/aromatic N) is 1. The molecule has 1 aromatic rings. The average molecular weight is 289 g/mol. The van der Waals surface area contributed by atoms with Crippen molar-refractivity contribution in [2.45, 2.75) is 57.9 Å². The quantitative estimate of drug-likeness (QED) is 0.793. The molecular formula is C18H27NO2. The number of para-hydroxylation sites is 1. The number of hydrogen-bond acceptors (Lipinski definition) is 2. The van der Waals surface area contributed by atoms with Gasteiger partial charge in [-0.1, -0.05) is 50.8 Å². The first-order chi connectivity index (χ1) is 10.2. The SMILES string of the molecule is CCCC1CCCC(N(CC(=O)O)c2ccccc2)CC1. The molecule has 0 radical (unpaired) electrons. The van der Waals surface area contributed by atoms with Crippen LogP contribution in [0.1, 0.15) is 51.9 Å². The summed E-state index contributed by atoms with van der Waals surface area (Å²) in [5, 5.41) is 9.24. The summed E-state index contributed by atoms with van der Waals surface area (Å²) < 4.78 is 0. The lowest BCUT2D eigenvalue weighted by atomic mass is 9.95. The van der Waals surface area contributed by atoms with Crippen LogP contribution >= 0.6 is 0 Å². The highest BCUT2D eigenvalue weighted by Crippen LogP contribution is 2.31. The lowest BCUT2D eigenvalue weighted by Crippen LogP contribution is -2.39. The Hall–Kier alpha value is -1.51. The summed E-state index contributed by atoms with van der Waals surface area (Å²) in [6.45, 7) is 2.36. The minimum absolute atomic E-state index is 0.104. The molecule has 0 aromatic heterocycles. The Kier molecular flexibility index (Phi) is 6.09. The third-order valence-electron chi connectivity index (χ3n) is 4.59. The van der Waals surface area contributed by atoms with Gasteiger partial charge in [0.15, 0.2) is 0 Å². The van der Waals surface area contributed by atoms with Crippen LogP contribution in [-0.4, -0.2) is 23.7 Å². The maximum atomic E-state index is 11.2. The van der Waals surface area contributed by atoms with Gasteiger partial charge in [0.2, 0.25) is 0 Å². The van der Waals surface area contributed by atoms with E-state index in [0.29, 0.717) is 6.04 Å². The lowest BCUT2D eigenvalue weighted by molar-refractivity contribution is -0.135. The molecule has 0 heterocycles. The zero-order chi connectivity index (χ0) is 15.1. The summed E-state index contributed by atoms with van der Waals surface area (Å²) in [6.07, 6.45) is 8.57. The van der Waals surface area contributed by atoms with Gasteiger partial charge in [-0.05, 0) is 37.3 Å². The Bertz CT molecular complexity index is 432. The van der Waals surface area contributed by atoms with E-state index in [1.165, 1.54) is 32.1 Å². The summed E-state index contributed by atoms with van der Waals surface area (Å²) in [5.74, 6) is 0.0932. The molecule has 0 spiro atoms. The number of hydrogen-bond donors (Lipinski definition) is 1. The van der Waals surface area contributed by atoms with E-state index < -0.39 is 5.97 Å². The van der Waals surface area contributed by atoms with E-state index in [1.807, 2.05) is 30.3 Å². The first-order valence-corrected chi connectivity index (χ1v) is 8.24. The van der Waals surface area contributed by atoms with Crippen molar-refractivity contribution in [3.05, 3.63) is 30.3 Å². The minimum Gasteiger partial charge on any atom is -0.480 e. The molecule has 0 bridgehead atoms. The monoisotopic (exact) mass is 289 g/mol. The fraction of sp³-hybridized carbons (Fsp3) is 0.611. The lowest BCUT2D eigenvalue weighted by Gasteiger charge is -2.32. The topological polar surface area (TPSA) is 40.5 Å². The second kappa shape index (κ2) is 8.06. The van der Waals surface area contributed by atoms with Gasteiger partial charge < -0.3 is 10.0 Å². The van der Waals surface area contributed by atoms with Crippen LogP contribution in [-0.2, 0) is 4.79 Å². The number of aliphatic carboxylic acids is 1. The smallest absolute Gasteiger partial charge is 0.323 e. The normalized spacial score (nSPS) is 22.5. The van der Waals surface area contributed by atoms with E-state index in [0.717, 1.165) is 24.4 Å². The van der Waals surface area contributed by atoms with Crippen molar-refractivity contribution in [2.75, 3.05) is 11.4 Å². The van der Waals surface area contributed by atoms with Crippen molar-refractivity contribution in [3.8, 4) is 0 Å². The van der Waals surface area contributed by atoms with E-state index in [4.69, 9.17) is 0 Å². The zero-order valence-corrected chi connectivity index (χ0v) is 13.0. The maximum absolute atomic E-state index is 11.2. The molecule has 1 aliphatic carbocycles. The molecule has 0 saturated heterocycles. The highest BCUT2D eigenvalue weighted by atomic mass is 16.4. The van der Waals surface area contributed by atoms with Gasteiger partial charge >= 0.3 is 5.97 Å². The zero-order valence-electron chi connectivity index (χ0n) is 13.0. The summed E-state index contributed by atoms with van der Waals surface area (Å²) in [6, 6.07) is 10.4. The number of anilines is 1. The molecule has 1 saturated carbocycles. The maximum Gasteiger partial charge on any atom is 0.323 e. The van der Waals surface area contributed by atoms with Crippen LogP contribution in [0.2, 0.25) is 0 Å². The van der Waals surface area contributed by atoms with Crippen molar-refractivity contribution in [3.63, 3.8) is 0 Å². The third-order valence-corrected chi connectivity index (χ3v) is 4.59. The highest BCUT2D eigenvalue weighted by Gasteiger charge is 2.25. The Morgan fingerprint density at radius 2 is 1.95 bits per heavy atom. The number of carboxylic acids is 1. The van der Waals surface area contributed by atoms with Crippen LogP contribution in [0, 0.1) is 5.92 Å². The number of rotatable bonds is 6. The minimum atomic E-state index is -0.742. The molecule has 21 heavy (non-hydrogen) atoms.